The van der Waals surface area contributed by atoms with Gasteiger partial charge in [-0.3, -0.25) is 9.67 Å². The van der Waals surface area contributed by atoms with Crippen LogP contribution in [-0.2, 0) is 7.05 Å². The van der Waals surface area contributed by atoms with E-state index in [0.29, 0.717) is 0 Å². The Morgan fingerprint density at radius 1 is 1.35 bits per heavy atom. The van der Waals surface area contributed by atoms with Crippen molar-refractivity contribution >= 4 is 16.6 Å². The number of hydrogen-bond acceptors (Lipinski definition) is 2. The summed E-state index contributed by atoms with van der Waals surface area (Å²) in [5, 5.41) is 5.64. The number of nitrogens with zero attached hydrogens (tertiary/aromatic N) is 3. The largest absolute Gasteiger partial charge is 0.289 e. The molecule has 0 saturated heterocycles. The molecule has 3 nitrogen and oxygen atoms in total. The van der Waals surface area contributed by atoms with Crippen molar-refractivity contribution in [1.82, 2.24) is 9.78 Å². The van der Waals surface area contributed by atoms with E-state index in [0.717, 1.165) is 24.4 Å². The van der Waals surface area contributed by atoms with Crippen LogP contribution in [0.5, 0.6) is 0 Å². The van der Waals surface area contributed by atoms with Crippen molar-refractivity contribution in [2.45, 2.75) is 19.8 Å². The van der Waals surface area contributed by atoms with Gasteiger partial charge in [0.25, 0.3) is 0 Å². The molecule has 1 aromatic heterocycles. The third-order valence-electron chi connectivity index (χ3n) is 3.42. The molecule has 1 aliphatic heterocycles. The van der Waals surface area contributed by atoms with E-state index in [1.165, 1.54) is 23.1 Å². The monoisotopic (exact) mass is 227 g/mol. The van der Waals surface area contributed by atoms with Crippen molar-refractivity contribution < 1.29 is 0 Å². The Kier molecular flexibility index (Phi) is 2.46. The summed E-state index contributed by atoms with van der Waals surface area (Å²) in [5.74, 6) is 0.734. The minimum Gasteiger partial charge on any atom is -0.289 e. The number of aromatic nitrogens is 2. The molecule has 0 bridgehead atoms. The van der Waals surface area contributed by atoms with E-state index in [-0.39, 0.29) is 0 Å². The lowest BCUT2D eigenvalue weighted by molar-refractivity contribution is 0.538. The normalized spacial score (nSPS) is 20.6. The van der Waals surface area contributed by atoms with E-state index < -0.39 is 0 Å². The van der Waals surface area contributed by atoms with Gasteiger partial charge in [0.15, 0.2) is 0 Å². The third-order valence-corrected chi connectivity index (χ3v) is 3.42. The van der Waals surface area contributed by atoms with Crippen LogP contribution >= 0.6 is 0 Å². The lowest BCUT2D eigenvalue weighted by Gasteiger charge is -2.17. The second-order valence-corrected chi connectivity index (χ2v) is 5.01. The summed E-state index contributed by atoms with van der Waals surface area (Å²) in [6.07, 6.45) is 4.39. The van der Waals surface area contributed by atoms with Gasteiger partial charge in [0.05, 0.1) is 5.52 Å². The topological polar surface area (TPSA) is 30.2 Å². The highest BCUT2D eigenvalue weighted by Crippen LogP contribution is 2.20. The molecular formula is C14H17N3. The first-order valence-electron chi connectivity index (χ1n) is 6.19. The Morgan fingerprint density at radius 3 is 3.00 bits per heavy atom. The number of benzene rings is 1. The van der Waals surface area contributed by atoms with Gasteiger partial charge >= 0.3 is 0 Å². The maximum Gasteiger partial charge on any atom is 0.0929 e. The van der Waals surface area contributed by atoms with Crippen LogP contribution < -0.4 is 0 Å². The van der Waals surface area contributed by atoms with E-state index in [9.17, 15) is 0 Å². The van der Waals surface area contributed by atoms with E-state index in [4.69, 9.17) is 0 Å². The van der Waals surface area contributed by atoms with Crippen molar-refractivity contribution in [2.24, 2.45) is 18.0 Å². The summed E-state index contributed by atoms with van der Waals surface area (Å²) in [7, 11) is 1.96. The SMILES string of the molecule is C[C@H]1CCC(c2ccc3cn(C)nc3c2)=NC1. The van der Waals surface area contributed by atoms with Crippen molar-refractivity contribution in [2.75, 3.05) is 6.54 Å². The van der Waals surface area contributed by atoms with Crippen LogP contribution in [0.25, 0.3) is 10.9 Å². The Hall–Kier alpha value is -1.64. The van der Waals surface area contributed by atoms with Crippen LogP contribution in [0.3, 0.4) is 0 Å². The maximum atomic E-state index is 4.68. The number of hydrogen-bond donors (Lipinski definition) is 0. The average molecular weight is 227 g/mol. The first-order chi connectivity index (χ1) is 8.22. The van der Waals surface area contributed by atoms with Crippen molar-refractivity contribution in [3.63, 3.8) is 0 Å². The standard InChI is InChI=1S/C14H17N3/c1-10-3-6-13(15-8-10)11-4-5-12-9-17(2)16-14(12)7-11/h4-5,7,9-10H,3,6,8H2,1-2H3/t10-/m0/s1. The summed E-state index contributed by atoms with van der Waals surface area (Å²) >= 11 is 0. The summed E-state index contributed by atoms with van der Waals surface area (Å²) < 4.78 is 1.86. The molecule has 2 heterocycles. The van der Waals surface area contributed by atoms with Crippen molar-refractivity contribution in [3.8, 4) is 0 Å². The molecule has 0 amide bonds. The molecule has 88 valence electrons. The second kappa shape index (κ2) is 3.99. The third kappa shape index (κ3) is 1.97. The van der Waals surface area contributed by atoms with Crippen LogP contribution in [0, 0.1) is 5.92 Å². The minimum atomic E-state index is 0.734. The van der Waals surface area contributed by atoms with Gasteiger partial charge < -0.3 is 0 Å². The molecule has 0 unspecified atom stereocenters. The molecule has 1 aromatic carbocycles. The molecule has 17 heavy (non-hydrogen) atoms. The van der Waals surface area contributed by atoms with E-state index in [1.807, 2.05) is 17.9 Å². The molecule has 0 aliphatic carbocycles. The summed E-state index contributed by atoms with van der Waals surface area (Å²) in [4.78, 5) is 4.68. The number of aliphatic imine (C=N–C) groups is 1. The average Bonchev–Trinajstić information content (AvgIpc) is 2.69. The zero-order valence-electron chi connectivity index (χ0n) is 10.3. The highest BCUT2D eigenvalue weighted by atomic mass is 15.2. The minimum absolute atomic E-state index is 0.734. The molecule has 3 rings (SSSR count). The van der Waals surface area contributed by atoms with E-state index in [1.54, 1.807) is 0 Å². The predicted octanol–water partition coefficient (Wildman–Crippen LogP) is 2.79. The zero-order valence-corrected chi connectivity index (χ0v) is 10.3. The van der Waals surface area contributed by atoms with Crippen LogP contribution in [0.2, 0.25) is 0 Å². The first kappa shape index (κ1) is 10.5. The van der Waals surface area contributed by atoms with Crippen LogP contribution in [0.1, 0.15) is 25.3 Å². The van der Waals surface area contributed by atoms with Crippen LogP contribution in [0.15, 0.2) is 29.4 Å². The molecule has 0 spiro atoms. The smallest absolute Gasteiger partial charge is 0.0929 e. The van der Waals surface area contributed by atoms with Crippen LogP contribution in [-0.4, -0.2) is 22.0 Å². The first-order valence-corrected chi connectivity index (χ1v) is 6.19. The summed E-state index contributed by atoms with van der Waals surface area (Å²) in [5.41, 5.74) is 3.55. The Morgan fingerprint density at radius 2 is 2.24 bits per heavy atom. The molecule has 2 aromatic rings. The molecule has 0 radical (unpaired) electrons. The molecule has 0 fully saturated rings. The van der Waals surface area contributed by atoms with Gasteiger partial charge in [-0.15, -0.1) is 0 Å². The zero-order chi connectivity index (χ0) is 11.8. The fraction of sp³-hybridized carbons (Fsp3) is 0.429. The highest BCUT2D eigenvalue weighted by molar-refractivity contribution is 6.03. The number of fused-ring (bicyclic) bond motifs is 1. The van der Waals surface area contributed by atoms with Gasteiger partial charge in [-0.25, -0.2) is 0 Å². The molecule has 0 N–H and O–H groups in total. The fourth-order valence-electron chi connectivity index (χ4n) is 2.37. The predicted molar refractivity (Wildman–Crippen MR) is 70.5 cm³/mol. The molecule has 1 atom stereocenters. The molecule has 0 saturated carbocycles. The van der Waals surface area contributed by atoms with E-state index in [2.05, 4.69) is 35.2 Å². The summed E-state index contributed by atoms with van der Waals surface area (Å²) in [6, 6.07) is 6.46. The summed E-state index contributed by atoms with van der Waals surface area (Å²) in [6.45, 7) is 3.23. The van der Waals surface area contributed by atoms with Gasteiger partial charge in [0.2, 0.25) is 0 Å². The van der Waals surface area contributed by atoms with Gasteiger partial charge in [-0.05, 0) is 30.4 Å². The number of rotatable bonds is 1. The Labute approximate surface area is 101 Å². The molecule has 3 heteroatoms. The van der Waals surface area contributed by atoms with Crippen LogP contribution in [0.4, 0.5) is 0 Å². The quantitative estimate of drug-likeness (QED) is 0.736. The van der Waals surface area contributed by atoms with Crippen molar-refractivity contribution in [3.05, 3.63) is 30.0 Å². The highest BCUT2D eigenvalue weighted by Gasteiger charge is 2.13. The van der Waals surface area contributed by atoms with Gasteiger partial charge in [0, 0.05) is 30.9 Å². The molecule has 1 aliphatic rings. The fourth-order valence-corrected chi connectivity index (χ4v) is 2.37. The van der Waals surface area contributed by atoms with Gasteiger partial charge in [-0.2, -0.15) is 5.10 Å². The lowest BCUT2D eigenvalue weighted by Crippen LogP contribution is -2.14. The van der Waals surface area contributed by atoms with Crippen molar-refractivity contribution in [1.29, 1.82) is 0 Å². The Bertz CT molecular complexity index is 580. The lowest BCUT2D eigenvalue weighted by atomic mass is 9.95. The van der Waals surface area contributed by atoms with Gasteiger partial charge in [-0.1, -0.05) is 19.1 Å². The second-order valence-electron chi connectivity index (χ2n) is 5.01. The Balaban J connectivity index is 2.00. The molecular weight excluding hydrogens is 210 g/mol. The number of aryl methyl sites for hydroxylation is 1. The maximum absolute atomic E-state index is 4.68. The van der Waals surface area contributed by atoms with Gasteiger partial charge in [0.1, 0.15) is 0 Å². The van der Waals surface area contributed by atoms with E-state index >= 15 is 0 Å².